The molecule has 3 heteroatoms. The quantitative estimate of drug-likeness (QED) is 0.606. The Morgan fingerprint density at radius 1 is 0.783 bits per heavy atom. The summed E-state index contributed by atoms with van der Waals surface area (Å²) in [6.07, 6.45) is 2.00. The predicted molar refractivity (Wildman–Crippen MR) is 93.7 cm³/mol. The highest BCUT2D eigenvalue weighted by atomic mass is 16.5. The number of methoxy groups -OCH3 is 1. The summed E-state index contributed by atoms with van der Waals surface area (Å²) in [4.78, 5) is 0. The average molecular weight is 314 g/mol. The van der Waals surface area contributed by atoms with Crippen LogP contribution in [0, 0.1) is 0 Å². The minimum atomic E-state index is 0.599. The van der Waals surface area contributed by atoms with E-state index in [1.165, 1.54) is 5.56 Å². The first-order chi connectivity index (χ1) is 11.2. The molecular weight excluding hydrogens is 288 g/mol. The van der Waals surface area contributed by atoms with Gasteiger partial charge in [-0.05, 0) is 54.3 Å². The zero-order valence-corrected chi connectivity index (χ0v) is 14.2. The lowest BCUT2D eigenvalue weighted by molar-refractivity contribution is 0.247. The average Bonchev–Trinajstić information content (AvgIpc) is 2.62. The van der Waals surface area contributed by atoms with E-state index in [-0.39, 0.29) is 0 Å². The second-order valence-corrected chi connectivity index (χ2v) is 5.60. The highest BCUT2D eigenvalue weighted by Crippen LogP contribution is 2.21. The van der Waals surface area contributed by atoms with E-state index in [9.17, 15) is 0 Å². The van der Waals surface area contributed by atoms with E-state index in [1.54, 1.807) is 7.11 Å². The van der Waals surface area contributed by atoms with Crippen molar-refractivity contribution in [1.82, 2.24) is 0 Å². The van der Waals surface area contributed by atoms with E-state index in [4.69, 9.17) is 14.2 Å². The third-order valence-corrected chi connectivity index (χ3v) is 3.95. The molecule has 0 aliphatic rings. The van der Waals surface area contributed by atoms with Gasteiger partial charge in [-0.2, -0.15) is 0 Å². The summed E-state index contributed by atoms with van der Waals surface area (Å²) < 4.78 is 16.5. The molecule has 0 radical (unpaired) electrons. The van der Waals surface area contributed by atoms with E-state index >= 15 is 0 Å². The maximum absolute atomic E-state index is 5.75. The summed E-state index contributed by atoms with van der Waals surface area (Å²) in [6, 6.07) is 16.0. The lowest BCUT2D eigenvalue weighted by Gasteiger charge is -2.11. The van der Waals surface area contributed by atoms with Gasteiger partial charge in [-0.15, -0.1) is 0 Å². The Labute approximate surface area is 139 Å². The highest BCUT2D eigenvalue weighted by molar-refractivity contribution is 5.31. The van der Waals surface area contributed by atoms with Gasteiger partial charge in [-0.25, -0.2) is 0 Å². The molecule has 0 saturated carbocycles. The van der Waals surface area contributed by atoms with Crippen molar-refractivity contribution in [3.63, 3.8) is 0 Å². The summed E-state index contributed by atoms with van der Waals surface area (Å²) >= 11 is 0. The van der Waals surface area contributed by atoms with Crippen LogP contribution in [0.5, 0.6) is 17.2 Å². The molecule has 2 aromatic carbocycles. The smallest absolute Gasteiger partial charge is 0.119 e. The SMILES string of the molecule is CC[C@H](C)c1ccc(OCCCOc2ccc(OC)cc2)cc1. The van der Waals surface area contributed by atoms with E-state index in [0.29, 0.717) is 19.1 Å². The highest BCUT2D eigenvalue weighted by Gasteiger charge is 2.02. The molecule has 0 aromatic heterocycles. The molecule has 2 aromatic rings. The maximum atomic E-state index is 5.75. The summed E-state index contributed by atoms with van der Waals surface area (Å²) in [7, 11) is 1.66. The van der Waals surface area contributed by atoms with Crippen molar-refractivity contribution < 1.29 is 14.2 Å². The van der Waals surface area contributed by atoms with Gasteiger partial charge < -0.3 is 14.2 Å². The molecule has 23 heavy (non-hydrogen) atoms. The molecule has 0 aliphatic carbocycles. The van der Waals surface area contributed by atoms with Gasteiger partial charge in [-0.1, -0.05) is 26.0 Å². The molecule has 0 spiro atoms. The molecule has 2 rings (SSSR count). The minimum Gasteiger partial charge on any atom is -0.497 e. The van der Waals surface area contributed by atoms with Crippen molar-refractivity contribution in [2.24, 2.45) is 0 Å². The number of hydrogen-bond donors (Lipinski definition) is 0. The Bertz CT molecular complexity index is 560. The fraction of sp³-hybridized carbons (Fsp3) is 0.400. The predicted octanol–water partition coefficient (Wildman–Crippen LogP) is 5.06. The first-order valence-corrected chi connectivity index (χ1v) is 8.22. The molecule has 0 saturated heterocycles. The van der Waals surface area contributed by atoms with Crippen molar-refractivity contribution in [2.75, 3.05) is 20.3 Å². The van der Waals surface area contributed by atoms with Crippen molar-refractivity contribution in [2.45, 2.75) is 32.6 Å². The van der Waals surface area contributed by atoms with Crippen LogP contribution in [0.4, 0.5) is 0 Å². The van der Waals surface area contributed by atoms with Gasteiger partial charge in [-0.3, -0.25) is 0 Å². The minimum absolute atomic E-state index is 0.599. The van der Waals surface area contributed by atoms with E-state index in [0.717, 1.165) is 30.1 Å². The van der Waals surface area contributed by atoms with Gasteiger partial charge in [0.2, 0.25) is 0 Å². The van der Waals surface area contributed by atoms with E-state index < -0.39 is 0 Å². The van der Waals surface area contributed by atoms with Crippen LogP contribution in [0.15, 0.2) is 48.5 Å². The summed E-state index contributed by atoms with van der Waals surface area (Å²) in [6.45, 7) is 5.74. The molecular formula is C20H26O3. The zero-order chi connectivity index (χ0) is 16.5. The Morgan fingerprint density at radius 2 is 1.26 bits per heavy atom. The second kappa shape index (κ2) is 9.09. The first kappa shape index (κ1) is 17.2. The summed E-state index contributed by atoms with van der Waals surface area (Å²) in [5, 5.41) is 0. The molecule has 124 valence electrons. The molecule has 0 amide bonds. The Balaban J connectivity index is 1.66. The van der Waals surface area contributed by atoms with Crippen LogP contribution in [-0.4, -0.2) is 20.3 Å². The molecule has 3 nitrogen and oxygen atoms in total. The van der Waals surface area contributed by atoms with E-state index in [1.807, 2.05) is 36.4 Å². The third-order valence-electron chi connectivity index (χ3n) is 3.95. The van der Waals surface area contributed by atoms with Crippen molar-refractivity contribution >= 4 is 0 Å². The second-order valence-electron chi connectivity index (χ2n) is 5.60. The van der Waals surface area contributed by atoms with E-state index in [2.05, 4.69) is 26.0 Å². The molecule has 0 bridgehead atoms. The molecule has 0 N–H and O–H groups in total. The van der Waals surface area contributed by atoms with Gasteiger partial charge in [0.05, 0.1) is 20.3 Å². The van der Waals surface area contributed by atoms with Gasteiger partial charge >= 0.3 is 0 Å². The maximum Gasteiger partial charge on any atom is 0.119 e. The molecule has 1 atom stereocenters. The normalized spacial score (nSPS) is 11.8. The molecule has 0 heterocycles. The first-order valence-electron chi connectivity index (χ1n) is 8.22. The van der Waals surface area contributed by atoms with Crippen LogP contribution in [0.3, 0.4) is 0 Å². The van der Waals surface area contributed by atoms with Gasteiger partial charge in [0.1, 0.15) is 17.2 Å². The van der Waals surface area contributed by atoms with Crippen LogP contribution in [0.1, 0.15) is 38.2 Å². The molecule has 0 fully saturated rings. The Kier molecular flexibility index (Phi) is 6.79. The lowest BCUT2D eigenvalue weighted by atomic mass is 9.99. The standard InChI is InChI=1S/C20H26O3/c1-4-16(2)17-6-8-19(9-7-17)22-14-5-15-23-20-12-10-18(21-3)11-13-20/h6-13,16H,4-5,14-15H2,1-3H3/t16-/m0/s1. The topological polar surface area (TPSA) is 27.7 Å². The fourth-order valence-electron chi connectivity index (χ4n) is 2.24. The Morgan fingerprint density at radius 3 is 1.74 bits per heavy atom. The van der Waals surface area contributed by atoms with Crippen molar-refractivity contribution in [1.29, 1.82) is 0 Å². The van der Waals surface area contributed by atoms with Crippen LogP contribution < -0.4 is 14.2 Å². The zero-order valence-electron chi connectivity index (χ0n) is 14.2. The van der Waals surface area contributed by atoms with Crippen LogP contribution in [0.2, 0.25) is 0 Å². The fourth-order valence-corrected chi connectivity index (χ4v) is 2.24. The monoisotopic (exact) mass is 314 g/mol. The van der Waals surface area contributed by atoms with Crippen LogP contribution in [0.25, 0.3) is 0 Å². The van der Waals surface area contributed by atoms with Gasteiger partial charge in [0.25, 0.3) is 0 Å². The summed E-state index contributed by atoms with van der Waals surface area (Å²) in [5.74, 6) is 3.20. The van der Waals surface area contributed by atoms with Crippen LogP contribution >= 0.6 is 0 Å². The third kappa shape index (κ3) is 5.51. The lowest BCUT2D eigenvalue weighted by Crippen LogP contribution is -2.05. The number of benzene rings is 2. The summed E-state index contributed by atoms with van der Waals surface area (Å²) in [5.41, 5.74) is 1.36. The number of ether oxygens (including phenoxy) is 3. The molecule has 0 aliphatic heterocycles. The number of rotatable bonds is 9. The van der Waals surface area contributed by atoms with Crippen molar-refractivity contribution in [3.8, 4) is 17.2 Å². The van der Waals surface area contributed by atoms with Crippen molar-refractivity contribution in [3.05, 3.63) is 54.1 Å². The van der Waals surface area contributed by atoms with Gasteiger partial charge in [0.15, 0.2) is 0 Å². The molecule has 0 unspecified atom stereocenters. The number of hydrogen-bond acceptors (Lipinski definition) is 3. The largest absolute Gasteiger partial charge is 0.497 e. The van der Waals surface area contributed by atoms with Crippen LogP contribution in [-0.2, 0) is 0 Å². The Hall–Kier alpha value is -2.16. The van der Waals surface area contributed by atoms with Gasteiger partial charge in [0, 0.05) is 6.42 Å².